The molecule has 1 fully saturated rings. The average molecular weight is 718 g/mol. The number of amides is 2. The lowest BCUT2D eigenvalue weighted by Gasteiger charge is -2.38. The van der Waals surface area contributed by atoms with Crippen molar-refractivity contribution in [1.29, 1.82) is 0 Å². The number of esters is 1. The molecule has 1 saturated carbocycles. The average Bonchev–Trinajstić information content (AvgIpc) is 3.71. The molecule has 3 aliphatic rings. The Labute approximate surface area is 294 Å². The molecule has 5 atom stereocenters. The van der Waals surface area contributed by atoms with Gasteiger partial charge in [-0.3, -0.25) is 24.7 Å². The van der Waals surface area contributed by atoms with E-state index in [1.807, 2.05) is 23.5 Å². The van der Waals surface area contributed by atoms with E-state index in [2.05, 4.69) is 27.9 Å². The van der Waals surface area contributed by atoms with Crippen LogP contribution in [0.15, 0.2) is 47.5 Å². The number of carboxylic acid groups (broad SMARTS) is 2. The van der Waals surface area contributed by atoms with Gasteiger partial charge in [0, 0.05) is 37.7 Å². The Morgan fingerprint density at radius 3 is 2.44 bits per heavy atom. The van der Waals surface area contributed by atoms with Crippen LogP contribution in [0.1, 0.15) is 70.3 Å². The summed E-state index contributed by atoms with van der Waals surface area (Å²) >= 11 is 1.32. The summed E-state index contributed by atoms with van der Waals surface area (Å²) in [5.41, 5.74) is 0.420. The second kappa shape index (κ2) is 17.4. The SMILES string of the molecule is CCC1([C@@H](SC[C@H](NC(=O)CC[C@](O)(NCNC)C(=O)O)C(=O)N[C@@H](O)C(=O)O)C2=C3CCC(Cc4ccncc4)=C[C@H]3C(=O)O2)CCCC1. The van der Waals surface area contributed by atoms with E-state index in [0.29, 0.717) is 18.6 Å². The minimum atomic E-state index is -2.43. The predicted octanol–water partition coefficient (Wildman–Crippen LogP) is 1.17. The Kier molecular flexibility index (Phi) is 13.6. The van der Waals surface area contributed by atoms with Gasteiger partial charge in [0.1, 0.15) is 17.7 Å². The van der Waals surface area contributed by atoms with Crippen LogP contribution in [0.25, 0.3) is 0 Å². The van der Waals surface area contributed by atoms with E-state index in [-0.39, 0.29) is 29.1 Å². The molecule has 2 heterocycles. The molecule has 1 aromatic rings. The molecule has 0 spiro atoms. The van der Waals surface area contributed by atoms with Gasteiger partial charge in [-0.1, -0.05) is 31.4 Å². The number of nitrogens with one attached hydrogen (secondary N) is 4. The molecule has 2 amide bonds. The molecular weight excluding hydrogens is 670 g/mol. The fourth-order valence-corrected chi connectivity index (χ4v) is 8.60. The molecule has 1 aromatic heterocycles. The molecule has 0 unspecified atom stereocenters. The first-order chi connectivity index (χ1) is 23.8. The molecule has 0 saturated heterocycles. The van der Waals surface area contributed by atoms with Crippen LogP contribution in [0.5, 0.6) is 0 Å². The van der Waals surface area contributed by atoms with Crippen molar-refractivity contribution in [3.8, 4) is 0 Å². The highest BCUT2D eigenvalue weighted by Gasteiger charge is 2.49. The molecule has 15 nitrogen and oxygen atoms in total. The number of carbonyl (C=O) groups is 5. The van der Waals surface area contributed by atoms with Gasteiger partial charge in [0.05, 0.1) is 5.25 Å². The van der Waals surface area contributed by atoms with E-state index in [4.69, 9.17) is 4.74 Å². The van der Waals surface area contributed by atoms with Gasteiger partial charge in [-0.15, -0.1) is 11.8 Å². The topological polar surface area (TPSA) is 237 Å². The first kappa shape index (κ1) is 39.0. The van der Waals surface area contributed by atoms with Crippen molar-refractivity contribution in [1.82, 2.24) is 26.3 Å². The number of ether oxygens (including phenoxy) is 1. The molecule has 8 N–H and O–H groups in total. The second-order valence-electron chi connectivity index (χ2n) is 13.0. The van der Waals surface area contributed by atoms with E-state index in [1.165, 1.54) is 18.8 Å². The molecule has 4 rings (SSSR count). The molecular formula is C34H47N5O10S. The molecule has 0 bridgehead atoms. The van der Waals surface area contributed by atoms with Gasteiger partial charge in [0.2, 0.25) is 23.8 Å². The molecule has 0 radical (unpaired) electrons. The lowest BCUT2D eigenvalue weighted by molar-refractivity contribution is -0.164. The van der Waals surface area contributed by atoms with E-state index >= 15 is 0 Å². The maximum absolute atomic E-state index is 13.4. The third-order valence-electron chi connectivity index (χ3n) is 9.77. The van der Waals surface area contributed by atoms with Crippen molar-refractivity contribution in [3.63, 3.8) is 0 Å². The number of hydrogen-bond acceptors (Lipinski definition) is 12. The van der Waals surface area contributed by atoms with Crippen molar-refractivity contribution in [2.24, 2.45) is 11.3 Å². The number of cyclic esters (lactones) is 1. The highest BCUT2D eigenvalue weighted by molar-refractivity contribution is 8.00. The van der Waals surface area contributed by atoms with Gasteiger partial charge >= 0.3 is 17.9 Å². The highest BCUT2D eigenvalue weighted by atomic mass is 32.2. The number of rotatable bonds is 19. The number of thioether (sulfide) groups is 1. The van der Waals surface area contributed by atoms with Crippen LogP contribution in [0.4, 0.5) is 0 Å². The summed E-state index contributed by atoms with van der Waals surface area (Å²) in [5, 5.41) is 48.3. The third kappa shape index (κ3) is 9.48. The van der Waals surface area contributed by atoms with Crippen molar-refractivity contribution in [2.75, 3.05) is 19.5 Å². The van der Waals surface area contributed by atoms with Gasteiger partial charge in [0.15, 0.2) is 0 Å². The molecule has 16 heteroatoms. The first-order valence-corrected chi connectivity index (χ1v) is 17.9. The minimum Gasteiger partial charge on any atom is -0.478 e. The fourth-order valence-electron chi connectivity index (χ4n) is 6.88. The number of fused-ring (bicyclic) bond motifs is 1. The van der Waals surface area contributed by atoms with Gasteiger partial charge in [-0.05, 0) is 74.3 Å². The third-order valence-corrected chi connectivity index (χ3v) is 11.3. The summed E-state index contributed by atoms with van der Waals surface area (Å²) in [7, 11) is 1.53. The highest BCUT2D eigenvalue weighted by Crippen LogP contribution is 2.54. The summed E-state index contributed by atoms with van der Waals surface area (Å²) in [6.07, 6.45) is 8.66. The number of pyridine rings is 1. The zero-order valence-electron chi connectivity index (χ0n) is 28.3. The Morgan fingerprint density at radius 2 is 1.82 bits per heavy atom. The minimum absolute atomic E-state index is 0.0646. The summed E-state index contributed by atoms with van der Waals surface area (Å²) in [6, 6.07) is 2.52. The second-order valence-corrected chi connectivity index (χ2v) is 14.2. The molecule has 2 aliphatic carbocycles. The van der Waals surface area contributed by atoms with Crippen LogP contribution in [-0.2, 0) is 35.1 Å². The number of allylic oxidation sites excluding steroid dienone is 1. The van der Waals surface area contributed by atoms with Crippen LogP contribution in [0, 0.1) is 11.3 Å². The number of carboxylic acids is 2. The Bertz CT molecular complexity index is 1480. The van der Waals surface area contributed by atoms with E-state index in [9.17, 15) is 44.4 Å². The first-order valence-electron chi connectivity index (χ1n) is 16.8. The molecule has 274 valence electrons. The van der Waals surface area contributed by atoms with E-state index in [0.717, 1.165) is 55.2 Å². The zero-order valence-corrected chi connectivity index (χ0v) is 29.1. The summed E-state index contributed by atoms with van der Waals surface area (Å²) in [4.78, 5) is 66.8. The van der Waals surface area contributed by atoms with Gasteiger partial charge in [-0.25, -0.2) is 9.59 Å². The Hall–Kier alpha value is -3.83. The maximum atomic E-state index is 13.4. The van der Waals surface area contributed by atoms with Crippen LogP contribution in [0.3, 0.4) is 0 Å². The standard InChI is InChI=1S/C34H47N5O10S/c1-3-33(11-4-5-12-33)27(26-22-7-6-21(17-23(22)31(45)49-26)16-20-9-14-36-15-10-20)50-18-24(28(41)39-29(42)30(43)44)38-25(40)8-13-34(48,32(46)47)37-19-35-2/h9-10,14-15,17,23-24,27,29,35,37,42,48H,3-8,11-13,16,18-19H2,1-2H3,(H,38,40)(H,39,41)(H,43,44)(H,46,47)/t23-,24+,27+,29+,34-/m1/s1. The van der Waals surface area contributed by atoms with Crippen LogP contribution in [0.2, 0.25) is 0 Å². The summed E-state index contributed by atoms with van der Waals surface area (Å²) in [6.45, 7) is 2.01. The maximum Gasteiger partial charge on any atom is 0.353 e. The summed E-state index contributed by atoms with van der Waals surface area (Å²) in [5.74, 6) is -5.44. The fraction of sp³-hybridized carbons (Fsp3) is 0.588. The number of hydrogen-bond donors (Lipinski definition) is 8. The van der Waals surface area contributed by atoms with Gasteiger partial charge in [0.25, 0.3) is 0 Å². The van der Waals surface area contributed by atoms with E-state index in [1.54, 1.807) is 12.4 Å². The quantitative estimate of drug-likeness (QED) is 0.0570. The number of aliphatic hydroxyl groups excluding tert-OH is 1. The predicted molar refractivity (Wildman–Crippen MR) is 182 cm³/mol. The normalized spacial score (nSPS) is 21.2. The Morgan fingerprint density at radius 1 is 1.12 bits per heavy atom. The number of aliphatic carboxylic acids is 2. The van der Waals surface area contributed by atoms with Crippen molar-refractivity contribution >= 4 is 41.5 Å². The number of aromatic nitrogens is 1. The lowest BCUT2D eigenvalue weighted by Crippen LogP contribution is -2.56. The largest absolute Gasteiger partial charge is 0.478 e. The zero-order chi connectivity index (χ0) is 36.5. The van der Waals surface area contributed by atoms with Crippen LogP contribution >= 0.6 is 11.8 Å². The Balaban J connectivity index is 1.58. The van der Waals surface area contributed by atoms with Crippen molar-refractivity contribution in [3.05, 3.63) is 53.1 Å². The molecule has 0 aromatic carbocycles. The van der Waals surface area contributed by atoms with Crippen LogP contribution in [-0.4, -0.2) is 97.8 Å². The molecule has 50 heavy (non-hydrogen) atoms. The van der Waals surface area contributed by atoms with Crippen LogP contribution < -0.4 is 21.3 Å². The van der Waals surface area contributed by atoms with Gasteiger partial charge in [-0.2, -0.15) is 0 Å². The van der Waals surface area contributed by atoms with E-state index < -0.39 is 60.5 Å². The number of aliphatic hydroxyl groups is 2. The van der Waals surface area contributed by atoms with Crippen molar-refractivity contribution < 1.29 is 49.1 Å². The monoisotopic (exact) mass is 717 g/mol. The number of carbonyl (C=O) groups excluding carboxylic acids is 3. The number of nitrogens with zero attached hydrogens (tertiary/aromatic N) is 1. The van der Waals surface area contributed by atoms with Crippen molar-refractivity contribution in [2.45, 2.75) is 94.4 Å². The summed E-state index contributed by atoms with van der Waals surface area (Å²) < 4.78 is 6.07. The molecule has 1 aliphatic heterocycles. The smallest absolute Gasteiger partial charge is 0.353 e. The van der Waals surface area contributed by atoms with Gasteiger partial charge < -0.3 is 41.1 Å². The lowest BCUT2D eigenvalue weighted by atomic mass is 9.76.